The second-order valence-corrected chi connectivity index (χ2v) is 6.89. The highest BCUT2D eigenvalue weighted by molar-refractivity contribution is 9.11. The largest absolute Gasteiger partial charge is 0.353 e. The molecule has 0 spiro atoms. The van der Waals surface area contributed by atoms with E-state index >= 15 is 0 Å². The average molecular weight is 317 g/mol. The van der Waals surface area contributed by atoms with Crippen LogP contribution in [0.1, 0.15) is 30.6 Å². The summed E-state index contributed by atoms with van der Waals surface area (Å²) in [4.78, 5) is 13.2. The van der Waals surface area contributed by atoms with Gasteiger partial charge in [0.2, 0.25) is 5.91 Å². The van der Waals surface area contributed by atoms with Gasteiger partial charge in [0.05, 0.1) is 9.70 Å². The molecule has 1 aliphatic rings. The highest BCUT2D eigenvalue weighted by Crippen LogP contribution is 2.28. The molecule has 2 rings (SSSR count). The molecule has 1 unspecified atom stereocenters. The van der Waals surface area contributed by atoms with Crippen LogP contribution in [0.2, 0.25) is 0 Å². The summed E-state index contributed by atoms with van der Waals surface area (Å²) in [6.45, 7) is 3.97. The zero-order chi connectivity index (χ0) is 12.3. The Hall–Kier alpha value is -0.390. The van der Waals surface area contributed by atoms with Crippen molar-refractivity contribution >= 4 is 33.2 Å². The monoisotopic (exact) mass is 316 g/mol. The minimum absolute atomic E-state index is 0.0545. The second-order valence-electron chi connectivity index (χ2n) is 4.40. The summed E-state index contributed by atoms with van der Waals surface area (Å²) in [5.41, 5.74) is 0. The third kappa shape index (κ3) is 3.53. The second kappa shape index (κ2) is 5.98. The molecule has 94 valence electrons. The first kappa shape index (κ1) is 13.1. The molecule has 0 saturated carbocycles. The van der Waals surface area contributed by atoms with Crippen molar-refractivity contribution in [1.82, 2.24) is 10.6 Å². The first-order chi connectivity index (χ1) is 8.16. The van der Waals surface area contributed by atoms with Crippen molar-refractivity contribution in [3.05, 3.63) is 20.8 Å². The number of hydrogen-bond acceptors (Lipinski definition) is 3. The number of hydrogen-bond donors (Lipinski definition) is 2. The molecule has 1 amide bonds. The standard InChI is InChI=1S/C12H17BrN2OS/c1-8(10-2-3-11(13)17-10)12(16)15-9-4-6-14-7-5-9/h2-3,8-9,14H,4-7H2,1H3,(H,15,16). The highest BCUT2D eigenvalue weighted by Gasteiger charge is 2.21. The maximum atomic E-state index is 12.1. The molecule has 2 N–H and O–H groups in total. The number of nitrogens with one attached hydrogen (secondary N) is 2. The first-order valence-corrected chi connectivity index (χ1v) is 7.54. The quantitative estimate of drug-likeness (QED) is 0.899. The van der Waals surface area contributed by atoms with Gasteiger partial charge in [-0.3, -0.25) is 4.79 Å². The fraction of sp³-hybridized carbons (Fsp3) is 0.583. The number of halogens is 1. The lowest BCUT2D eigenvalue weighted by molar-refractivity contribution is -0.123. The van der Waals surface area contributed by atoms with Gasteiger partial charge < -0.3 is 10.6 Å². The molecule has 1 atom stereocenters. The Morgan fingerprint density at radius 1 is 1.53 bits per heavy atom. The zero-order valence-corrected chi connectivity index (χ0v) is 12.2. The molecule has 2 heterocycles. The average Bonchev–Trinajstić information content (AvgIpc) is 2.76. The Bertz CT molecular complexity index is 388. The normalized spacial score (nSPS) is 18.9. The maximum Gasteiger partial charge on any atom is 0.228 e. The van der Waals surface area contributed by atoms with Crippen LogP contribution in [-0.2, 0) is 4.79 Å². The van der Waals surface area contributed by atoms with Crippen molar-refractivity contribution in [1.29, 1.82) is 0 Å². The lowest BCUT2D eigenvalue weighted by atomic mass is 10.0. The summed E-state index contributed by atoms with van der Waals surface area (Å²) in [5, 5.41) is 6.44. The molecule has 1 aromatic rings. The topological polar surface area (TPSA) is 41.1 Å². The third-order valence-electron chi connectivity index (χ3n) is 3.10. The number of rotatable bonds is 3. The van der Waals surface area contributed by atoms with E-state index in [1.165, 1.54) is 0 Å². The van der Waals surface area contributed by atoms with Crippen LogP contribution < -0.4 is 10.6 Å². The molecule has 1 saturated heterocycles. The van der Waals surface area contributed by atoms with Gasteiger partial charge in [0.25, 0.3) is 0 Å². The van der Waals surface area contributed by atoms with Gasteiger partial charge in [0.15, 0.2) is 0 Å². The van der Waals surface area contributed by atoms with Crippen LogP contribution in [0.5, 0.6) is 0 Å². The molecule has 0 bridgehead atoms. The molecule has 1 aliphatic heterocycles. The molecule has 1 fully saturated rings. The van der Waals surface area contributed by atoms with Crippen molar-refractivity contribution in [2.45, 2.75) is 31.7 Å². The van der Waals surface area contributed by atoms with Gasteiger partial charge in [-0.1, -0.05) is 0 Å². The predicted molar refractivity (Wildman–Crippen MR) is 74.5 cm³/mol. The van der Waals surface area contributed by atoms with Gasteiger partial charge in [-0.2, -0.15) is 0 Å². The van der Waals surface area contributed by atoms with Gasteiger partial charge >= 0.3 is 0 Å². The molecule has 0 aliphatic carbocycles. The van der Waals surface area contributed by atoms with Gasteiger partial charge in [0.1, 0.15) is 0 Å². The van der Waals surface area contributed by atoms with Crippen LogP contribution in [-0.4, -0.2) is 25.0 Å². The van der Waals surface area contributed by atoms with Crippen LogP contribution in [0.3, 0.4) is 0 Å². The molecule has 0 radical (unpaired) electrons. The van der Waals surface area contributed by atoms with Gasteiger partial charge in [-0.15, -0.1) is 11.3 Å². The molecular formula is C12H17BrN2OS. The highest BCUT2D eigenvalue weighted by atomic mass is 79.9. The Kier molecular flexibility index (Phi) is 4.59. The van der Waals surface area contributed by atoms with E-state index in [2.05, 4.69) is 26.6 Å². The smallest absolute Gasteiger partial charge is 0.228 e. The van der Waals surface area contributed by atoms with E-state index in [1.807, 2.05) is 19.1 Å². The fourth-order valence-electron chi connectivity index (χ4n) is 1.98. The molecule has 17 heavy (non-hydrogen) atoms. The molecule has 5 heteroatoms. The summed E-state index contributed by atoms with van der Waals surface area (Å²) in [6.07, 6.45) is 2.07. The minimum Gasteiger partial charge on any atom is -0.353 e. The van der Waals surface area contributed by atoms with Crippen molar-refractivity contribution in [3.63, 3.8) is 0 Å². The summed E-state index contributed by atoms with van der Waals surface area (Å²) in [7, 11) is 0. The van der Waals surface area contributed by atoms with Crippen molar-refractivity contribution in [3.8, 4) is 0 Å². The maximum absolute atomic E-state index is 12.1. The Labute approximate surface area is 114 Å². The van der Waals surface area contributed by atoms with Gasteiger partial charge in [0, 0.05) is 10.9 Å². The van der Waals surface area contributed by atoms with Crippen LogP contribution in [0.4, 0.5) is 0 Å². The number of piperidine rings is 1. The summed E-state index contributed by atoms with van der Waals surface area (Å²) >= 11 is 5.06. The Morgan fingerprint density at radius 2 is 2.24 bits per heavy atom. The number of carbonyl (C=O) groups is 1. The molecular weight excluding hydrogens is 300 g/mol. The Balaban J connectivity index is 1.90. The van der Waals surface area contributed by atoms with Crippen LogP contribution in [0.15, 0.2) is 15.9 Å². The lowest BCUT2D eigenvalue weighted by Gasteiger charge is -2.25. The number of amides is 1. The van der Waals surface area contributed by atoms with E-state index in [0.717, 1.165) is 34.6 Å². The van der Waals surface area contributed by atoms with E-state index < -0.39 is 0 Å². The van der Waals surface area contributed by atoms with Gasteiger partial charge in [-0.05, 0) is 60.9 Å². The van der Waals surface area contributed by atoms with Crippen molar-refractivity contribution in [2.24, 2.45) is 0 Å². The summed E-state index contributed by atoms with van der Waals surface area (Å²) in [6, 6.07) is 4.35. The van der Waals surface area contributed by atoms with E-state index in [1.54, 1.807) is 11.3 Å². The van der Waals surface area contributed by atoms with E-state index in [0.29, 0.717) is 6.04 Å². The fourth-order valence-corrected chi connectivity index (χ4v) is 3.46. The van der Waals surface area contributed by atoms with Crippen molar-refractivity contribution in [2.75, 3.05) is 13.1 Å². The van der Waals surface area contributed by atoms with Gasteiger partial charge in [-0.25, -0.2) is 0 Å². The van der Waals surface area contributed by atoms with Crippen LogP contribution >= 0.6 is 27.3 Å². The predicted octanol–water partition coefficient (Wildman–Crippen LogP) is 2.48. The molecule has 1 aromatic heterocycles. The molecule has 0 aromatic carbocycles. The summed E-state index contributed by atoms with van der Waals surface area (Å²) < 4.78 is 1.08. The lowest BCUT2D eigenvalue weighted by Crippen LogP contribution is -2.43. The number of carbonyl (C=O) groups excluding carboxylic acids is 1. The van der Waals surface area contributed by atoms with Crippen LogP contribution in [0.25, 0.3) is 0 Å². The first-order valence-electron chi connectivity index (χ1n) is 5.93. The summed E-state index contributed by atoms with van der Waals surface area (Å²) in [5.74, 6) is 0.0902. The van der Waals surface area contributed by atoms with E-state index in [9.17, 15) is 4.79 Å². The number of thiophene rings is 1. The van der Waals surface area contributed by atoms with E-state index in [4.69, 9.17) is 0 Å². The zero-order valence-electron chi connectivity index (χ0n) is 9.83. The SMILES string of the molecule is CC(C(=O)NC1CCNCC1)c1ccc(Br)s1. The Morgan fingerprint density at radius 3 is 2.82 bits per heavy atom. The van der Waals surface area contributed by atoms with E-state index in [-0.39, 0.29) is 11.8 Å². The van der Waals surface area contributed by atoms with Crippen LogP contribution in [0, 0.1) is 0 Å². The molecule has 3 nitrogen and oxygen atoms in total. The van der Waals surface area contributed by atoms with Crippen molar-refractivity contribution < 1.29 is 4.79 Å². The minimum atomic E-state index is -0.0545. The third-order valence-corrected chi connectivity index (χ3v) is 4.91.